The minimum atomic E-state index is 0.0632. The van der Waals surface area contributed by atoms with Gasteiger partial charge in [-0.25, -0.2) is 9.97 Å². The summed E-state index contributed by atoms with van der Waals surface area (Å²) in [5, 5.41) is 0. The summed E-state index contributed by atoms with van der Waals surface area (Å²) in [5.41, 5.74) is 2.31. The molecule has 1 saturated carbocycles. The number of hydrogen-bond acceptors (Lipinski definition) is 4. The van der Waals surface area contributed by atoms with E-state index in [2.05, 4.69) is 4.98 Å². The molecule has 0 radical (unpaired) electrons. The summed E-state index contributed by atoms with van der Waals surface area (Å²) in [7, 11) is 0. The third kappa shape index (κ3) is 2.68. The van der Waals surface area contributed by atoms with Gasteiger partial charge in [-0.05, 0) is 37.8 Å². The highest BCUT2D eigenvalue weighted by Gasteiger charge is 2.43. The third-order valence-corrected chi connectivity index (χ3v) is 5.55. The maximum atomic E-state index is 12.8. The summed E-state index contributed by atoms with van der Waals surface area (Å²) in [5.74, 6) is 2.37. The molecule has 1 saturated heterocycles. The molecule has 1 aromatic heterocycles. The molecule has 0 spiro atoms. The molecule has 2 aliphatic heterocycles. The number of aromatic nitrogens is 2. The molecule has 2 fully saturated rings. The second-order valence-electron chi connectivity index (χ2n) is 7.26. The topological polar surface area (TPSA) is 55.3 Å². The van der Waals surface area contributed by atoms with Gasteiger partial charge in [-0.15, -0.1) is 0 Å². The van der Waals surface area contributed by atoms with Crippen LogP contribution in [0.5, 0.6) is 5.75 Å². The Morgan fingerprint density at radius 3 is 2.80 bits per heavy atom. The van der Waals surface area contributed by atoms with Crippen LogP contribution >= 0.6 is 0 Å². The minimum absolute atomic E-state index is 0.0632. The van der Waals surface area contributed by atoms with Crippen LogP contribution < -0.4 is 4.74 Å². The molecule has 0 unspecified atom stereocenters. The summed E-state index contributed by atoms with van der Waals surface area (Å²) in [6.45, 7) is 0.0906. The Morgan fingerprint density at radius 1 is 1.16 bits per heavy atom. The van der Waals surface area contributed by atoms with E-state index in [4.69, 9.17) is 9.72 Å². The molecule has 1 amide bonds. The number of carbonyl (C=O) groups is 1. The van der Waals surface area contributed by atoms with Crippen LogP contribution in [0.15, 0.2) is 36.5 Å². The maximum absolute atomic E-state index is 12.8. The summed E-state index contributed by atoms with van der Waals surface area (Å²) in [6.07, 6.45) is 7.30. The monoisotopic (exact) mass is 335 g/mol. The lowest BCUT2D eigenvalue weighted by molar-refractivity contribution is -0.137. The van der Waals surface area contributed by atoms with Crippen LogP contribution in [0.4, 0.5) is 0 Å². The number of benzene rings is 1. The predicted octanol–water partition coefficient (Wildman–Crippen LogP) is 3.02. The molecule has 2 bridgehead atoms. The van der Waals surface area contributed by atoms with E-state index in [0.717, 1.165) is 42.1 Å². The Hall–Kier alpha value is -2.43. The van der Waals surface area contributed by atoms with Crippen molar-refractivity contribution in [3.63, 3.8) is 0 Å². The first-order valence-corrected chi connectivity index (χ1v) is 9.14. The number of para-hydroxylation sites is 1. The highest BCUT2D eigenvalue weighted by atomic mass is 16.5. The zero-order valence-electron chi connectivity index (χ0n) is 14.1. The third-order valence-electron chi connectivity index (χ3n) is 5.55. The number of fused-ring (bicyclic) bond motifs is 4. The molecule has 3 aliphatic rings. The van der Waals surface area contributed by atoms with Crippen molar-refractivity contribution in [2.24, 2.45) is 0 Å². The van der Waals surface area contributed by atoms with Gasteiger partial charge in [0.25, 0.3) is 5.91 Å². The van der Waals surface area contributed by atoms with Crippen LogP contribution in [0.3, 0.4) is 0 Å². The van der Waals surface area contributed by atoms with Gasteiger partial charge >= 0.3 is 0 Å². The largest absolute Gasteiger partial charge is 0.484 e. The number of ether oxygens (including phenoxy) is 1. The van der Waals surface area contributed by atoms with E-state index < -0.39 is 0 Å². The van der Waals surface area contributed by atoms with Crippen molar-refractivity contribution in [2.75, 3.05) is 6.61 Å². The summed E-state index contributed by atoms with van der Waals surface area (Å²) in [6, 6.07) is 9.89. The number of carbonyl (C=O) groups excluding carboxylic acids is 1. The van der Waals surface area contributed by atoms with E-state index in [9.17, 15) is 4.79 Å². The van der Waals surface area contributed by atoms with Crippen LogP contribution in [-0.2, 0) is 11.2 Å². The Labute approximate surface area is 147 Å². The van der Waals surface area contributed by atoms with Gasteiger partial charge in [-0.1, -0.05) is 18.2 Å². The first kappa shape index (κ1) is 14.9. The lowest BCUT2D eigenvalue weighted by Crippen LogP contribution is -2.44. The number of hydrogen-bond donors (Lipinski definition) is 0. The molecular weight excluding hydrogens is 314 g/mol. The van der Waals surface area contributed by atoms with E-state index in [1.807, 2.05) is 41.4 Å². The molecule has 5 heteroatoms. The van der Waals surface area contributed by atoms with Crippen LogP contribution in [0, 0.1) is 0 Å². The second-order valence-corrected chi connectivity index (χ2v) is 7.26. The van der Waals surface area contributed by atoms with Crippen molar-refractivity contribution in [2.45, 2.75) is 50.1 Å². The zero-order valence-corrected chi connectivity index (χ0v) is 14.1. The van der Waals surface area contributed by atoms with E-state index in [1.165, 1.54) is 12.8 Å². The second kappa shape index (κ2) is 5.83. The minimum Gasteiger partial charge on any atom is -0.484 e. The molecule has 5 nitrogen and oxygen atoms in total. The Balaban J connectivity index is 1.34. The smallest absolute Gasteiger partial charge is 0.261 e. The fourth-order valence-electron chi connectivity index (χ4n) is 4.15. The van der Waals surface area contributed by atoms with Gasteiger partial charge in [0, 0.05) is 30.1 Å². The summed E-state index contributed by atoms with van der Waals surface area (Å²) in [4.78, 5) is 24.2. The van der Waals surface area contributed by atoms with Crippen LogP contribution in [-0.4, -0.2) is 33.4 Å². The molecule has 2 aromatic rings. The molecule has 1 aliphatic carbocycles. The van der Waals surface area contributed by atoms with Crippen LogP contribution in [0.1, 0.15) is 54.7 Å². The molecule has 25 heavy (non-hydrogen) atoms. The standard InChI is InChI=1S/C20H21N3O2/c24-19(12-25-15-4-2-1-3-5-15)23-14-8-9-18(23)16-11-21-20(13-6-7-13)22-17(16)10-14/h1-5,11,13-14,18H,6-10,12H2/t14-,18+/m1/s1. The van der Waals surface area contributed by atoms with Gasteiger partial charge in [-0.3, -0.25) is 4.79 Å². The van der Waals surface area contributed by atoms with Crippen molar-refractivity contribution in [1.29, 1.82) is 0 Å². The zero-order chi connectivity index (χ0) is 16.8. The SMILES string of the molecule is O=C(COc1ccccc1)N1[C@@H]2CC[C@H]1c1cnc(C3CC3)nc1C2. The van der Waals surface area contributed by atoms with Gasteiger partial charge in [0.1, 0.15) is 11.6 Å². The van der Waals surface area contributed by atoms with Crippen molar-refractivity contribution in [3.05, 3.63) is 53.6 Å². The molecule has 2 atom stereocenters. The van der Waals surface area contributed by atoms with Crippen molar-refractivity contribution in [3.8, 4) is 5.75 Å². The fourth-order valence-corrected chi connectivity index (χ4v) is 4.15. The maximum Gasteiger partial charge on any atom is 0.261 e. The Kier molecular flexibility index (Phi) is 3.47. The molecule has 3 heterocycles. The number of amides is 1. The van der Waals surface area contributed by atoms with E-state index >= 15 is 0 Å². The quantitative estimate of drug-likeness (QED) is 0.862. The van der Waals surface area contributed by atoms with Crippen LogP contribution in [0.2, 0.25) is 0 Å². The molecule has 1 aromatic carbocycles. The van der Waals surface area contributed by atoms with Gasteiger partial charge in [0.15, 0.2) is 6.61 Å². The fraction of sp³-hybridized carbons (Fsp3) is 0.450. The Morgan fingerprint density at radius 2 is 2.00 bits per heavy atom. The van der Waals surface area contributed by atoms with Gasteiger partial charge in [0.2, 0.25) is 0 Å². The predicted molar refractivity (Wildman–Crippen MR) is 92.3 cm³/mol. The van der Waals surface area contributed by atoms with E-state index in [-0.39, 0.29) is 24.6 Å². The van der Waals surface area contributed by atoms with E-state index in [0.29, 0.717) is 5.92 Å². The van der Waals surface area contributed by atoms with Crippen molar-refractivity contribution >= 4 is 5.91 Å². The van der Waals surface area contributed by atoms with Gasteiger partial charge in [-0.2, -0.15) is 0 Å². The number of nitrogens with zero attached hydrogens (tertiary/aromatic N) is 3. The molecule has 128 valence electrons. The van der Waals surface area contributed by atoms with Gasteiger partial charge in [0.05, 0.1) is 11.7 Å². The Bertz CT molecular complexity index is 804. The highest BCUT2D eigenvalue weighted by molar-refractivity contribution is 5.79. The van der Waals surface area contributed by atoms with E-state index in [1.54, 1.807) is 0 Å². The number of rotatable bonds is 4. The molecule has 0 N–H and O–H groups in total. The van der Waals surface area contributed by atoms with Gasteiger partial charge < -0.3 is 9.64 Å². The lowest BCUT2D eigenvalue weighted by atomic mass is 9.99. The summed E-state index contributed by atoms with van der Waals surface area (Å²) < 4.78 is 5.67. The van der Waals surface area contributed by atoms with Crippen molar-refractivity contribution in [1.82, 2.24) is 14.9 Å². The first-order chi connectivity index (χ1) is 12.3. The van der Waals surface area contributed by atoms with Crippen LogP contribution in [0.25, 0.3) is 0 Å². The average molecular weight is 335 g/mol. The normalized spacial score (nSPS) is 24.1. The lowest BCUT2D eigenvalue weighted by Gasteiger charge is -2.35. The highest BCUT2D eigenvalue weighted by Crippen LogP contribution is 2.44. The van der Waals surface area contributed by atoms with Crippen molar-refractivity contribution < 1.29 is 9.53 Å². The average Bonchev–Trinajstić information content (AvgIpc) is 3.44. The first-order valence-electron chi connectivity index (χ1n) is 9.14. The molecular formula is C20H21N3O2. The summed E-state index contributed by atoms with van der Waals surface area (Å²) >= 11 is 0. The molecule has 5 rings (SSSR count).